The van der Waals surface area contributed by atoms with Crippen LogP contribution in [0.1, 0.15) is 44.9 Å². The van der Waals surface area contributed by atoms with Gasteiger partial charge >= 0.3 is 6.03 Å². The maximum Gasteiger partial charge on any atom is 0.320 e. The highest BCUT2D eigenvalue weighted by Crippen LogP contribution is 2.31. The lowest BCUT2D eigenvalue weighted by Crippen LogP contribution is -2.52. The van der Waals surface area contributed by atoms with Crippen LogP contribution in [0.2, 0.25) is 0 Å². The van der Waals surface area contributed by atoms with Gasteiger partial charge in [0.1, 0.15) is 0 Å². The van der Waals surface area contributed by atoms with Gasteiger partial charge in [-0.15, -0.1) is 0 Å². The Morgan fingerprint density at radius 2 is 1.58 bits per heavy atom. The van der Waals surface area contributed by atoms with Crippen LogP contribution in [0.4, 0.5) is 4.79 Å². The predicted molar refractivity (Wildman–Crippen MR) is 91.6 cm³/mol. The summed E-state index contributed by atoms with van der Waals surface area (Å²) in [5.74, 6) is 0.316. The normalized spacial score (nSPS) is 33.7. The molecule has 4 aliphatic heterocycles. The van der Waals surface area contributed by atoms with E-state index >= 15 is 0 Å². The molecule has 0 aromatic heterocycles. The second-order valence-corrected chi connectivity index (χ2v) is 7.89. The molecule has 0 aliphatic carbocycles. The van der Waals surface area contributed by atoms with E-state index in [4.69, 9.17) is 0 Å². The summed E-state index contributed by atoms with van der Waals surface area (Å²) >= 11 is 0. The molecule has 3 atom stereocenters. The number of carbonyl (C=O) groups excluding carboxylic acids is 2. The molecule has 3 amide bonds. The molecule has 3 unspecified atom stereocenters. The fourth-order valence-corrected chi connectivity index (χ4v) is 5.01. The van der Waals surface area contributed by atoms with Crippen LogP contribution < -0.4 is 5.32 Å². The van der Waals surface area contributed by atoms with E-state index in [1.165, 1.54) is 0 Å². The van der Waals surface area contributed by atoms with Crippen LogP contribution in [0, 0.1) is 5.92 Å². The number of amides is 3. The summed E-state index contributed by atoms with van der Waals surface area (Å²) in [6.45, 7) is 5.16. The molecule has 0 saturated carbocycles. The van der Waals surface area contributed by atoms with Crippen molar-refractivity contribution < 1.29 is 9.59 Å². The molecule has 24 heavy (non-hydrogen) atoms. The number of piperidine rings is 1. The Bertz CT molecular complexity index is 477. The molecule has 0 aromatic carbocycles. The molecule has 6 nitrogen and oxygen atoms in total. The van der Waals surface area contributed by atoms with Crippen LogP contribution in [-0.4, -0.2) is 78.0 Å². The molecule has 0 aromatic rings. The molecule has 134 valence electrons. The van der Waals surface area contributed by atoms with Crippen LogP contribution >= 0.6 is 0 Å². The summed E-state index contributed by atoms with van der Waals surface area (Å²) < 4.78 is 0. The summed E-state index contributed by atoms with van der Waals surface area (Å²) in [7, 11) is 0. The van der Waals surface area contributed by atoms with Gasteiger partial charge in [0.2, 0.25) is 5.91 Å². The van der Waals surface area contributed by atoms with Crippen LogP contribution in [-0.2, 0) is 4.79 Å². The van der Waals surface area contributed by atoms with E-state index in [-0.39, 0.29) is 11.9 Å². The molecular weight excluding hydrogens is 304 g/mol. The molecule has 4 rings (SSSR count). The number of carbonyl (C=O) groups is 2. The molecule has 4 heterocycles. The highest BCUT2D eigenvalue weighted by atomic mass is 16.2. The van der Waals surface area contributed by atoms with E-state index in [2.05, 4.69) is 10.2 Å². The second kappa shape index (κ2) is 6.90. The lowest BCUT2D eigenvalue weighted by Gasteiger charge is -2.38. The average Bonchev–Trinajstić information content (AvgIpc) is 3.21. The molecule has 2 bridgehead atoms. The number of fused-ring (bicyclic) bond motifs is 2. The summed E-state index contributed by atoms with van der Waals surface area (Å²) in [6, 6.07) is 0.947. The number of rotatable bonds is 1. The van der Waals surface area contributed by atoms with Gasteiger partial charge in [-0.1, -0.05) is 0 Å². The van der Waals surface area contributed by atoms with Crippen molar-refractivity contribution in [3.63, 3.8) is 0 Å². The number of hydrogen-bond donors (Lipinski definition) is 1. The Hall–Kier alpha value is -1.30. The van der Waals surface area contributed by atoms with Crippen molar-refractivity contribution in [2.75, 3.05) is 39.3 Å². The largest absolute Gasteiger partial charge is 0.335 e. The highest BCUT2D eigenvalue weighted by molar-refractivity contribution is 5.82. The van der Waals surface area contributed by atoms with Gasteiger partial charge in [-0.2, -0.15) is 0 Å². The smallest absolute Gasteiger partial charge is 0.320 e. The minimum absolute atomic E-state index is 0.00602. The van der Waals surface area contributed by atoms with Crippen LogP contribution in [0.15, 0.2) is 0 Å². The summed E-state index contributed by atoms with van der Waals surface area (Å²) in [5, 5.41) is 3.47. The van der Waals surface area contributed by atoms with Crippen molar-refractivity contribution in [1.82, 2.24) is 20.0 Å². The average molecular weight is 334 g/mol. The van der Waals surface area contributed by atoms with Crippen LogP contribution in [0.3, 0.4) is 0 Å². The molecule has 0 spiro atoms. The first-order valence-electron chi connectivity index (χ1n) is 9.81. The third kappa shape index (κ3) is 3.01. The third-order valence-electron chi connectivity index (χ3n) is 6.33. The molecule has 1 N–H and O–H groups in total. The van der Waals surface area contributed by atoms with Crippen molar-refractivity contribution in [2.24, 2.45) is 5.92 Å². The second-order valence-electron chi connectivity index (χ2n) is 7.89. The number of urea groups is 1. The molecular formula is C18H30N4O2. The number of likely N-dealkylation sites (tertiary alicyclic amines) is 2. The standard InChI is InChI=1S/C18H30N4O2/c23-17(22-15-5-6-16(22)12-19-8-7-15)14-4-3-11-21(13-14)18(24)20-9-1-2-10-20/h14-16,19H,1-13H2. The van der Waals surface area contributed by atoms with Gasteiger partial charge in [0, 0.05) is 44.8 Å². The number of hydrogen-bond acceptors (Lipinski definition) is 3. The van der Waals surface area contributed by atoms with Crippen molar-refractivity contribution in [3.8, 4) is 0 Å². The molecule has 6 heteroatoms. The van der Waals surface area contributed by atoms with Gasteiger partial charge in [0.05, 0.1) is 5.92 Å². The maximum absolute atomic E-state index is 13.2. The molecule has 4 aliphatic rings. The van der Waals surface area contributed by atoms with Crippen molar-refractivity contribution in [2.45, 2.75) is 57.0 Å². The monoisotopic (exact) mass is 334 g/mol. The first kappa shape index (κ1) is 16.2. The first-order chi connectivity index (χ1) is 11.7. The Kier molecular flexibility index (Phi) is 4.66. The maximum atomic E-state index is 13.2. The third-order valence-corrected chi connectivity index (χ3v) is 6.33. The van der Waals surface area contributed by atoms with Crippen molar-refractivity contribution >= 4 is 11.9 Å². The number of nitrogens with zero attached hydrogens (tertiary/aromatic N) is 3. The Balaban J connectivity index is 1.41. The fourth-order valence-electron chi connectivity index (χ4n) is 5.01. The highest BCUT2D eigenvalue weighted by Gasteiger charge is 2.42. The Labute approximate surface area is 144 Å². The Morgan fingerprint density at radius 1 is 0.833 bits per heavy atom. The summed E-state index contributed by atoms with van der Waals surface area (Å²) in [6.07, 6.45) is 7.49. The van der Waals surface area contributed by atoms with Gasteiger partial charge in [0.25, 0.3) is 0 Å². The van der Waals surface area contributed by atoms with E-state index < -0.39 is 0 Å². The summed E-state index contributed by atoms with van der Waals surface area (Å²) in [4.78, 5) is 32.0. The minimum atomic E-state index is 0.00602. The SMILES string of the molecule is O=C(N1CCCC1)N1CCCC(C(=O)N2C3CCNCC2CC3)C1. The van der Waals surface area contributed by atoms with Crippen molar-refractivity contribution in [1.29, 1.82) is 0 Å². The van der Waals surface area contributed by atoms with Gasteiger partial charge < -0.3 is 20.0 Å². The number of nitrogens with one attached hydrogen (secondary N) is 1. The van der Waals surface area contributed by atoms with E-state index in [0.717, 1.165) is 77.7 Å². The minimum Gasteiger partial charge on any atom is -0.335 e. The zero-order valence-electron chi connectivity index (χ0n) is 14.6. The zero-order valence-corrected chi connectivity index (χ0v) is 14.6. The van der Waals surface area contributed by atoms with E-state index in [9.17, 15) is 9.59 Å². The van der Waals surface area contributed by atoms with Gasteiger partial charge in [0.15, 0.2) is 0 Å². The molecule has 4 fully saturated rings. The van der Waals surface area contributed by atoms with E-state index in [0.29, 0.717) is 24.5 Å². The quantitative estimate of drug-likeness (QED) is 0.786. The van der Waals surface area contributed by atoms with E-state index in [1.807, 2.05) is 9.80 Å². The van der Waals surface area contributed by atoms with E-state index in [1.54, 1.807) is 0 Å². The molecule has 0 radical (unpaired) electrons. The van der Waals surface area contributed by atoms with Crippen LogP contribution in [0.25, 0.3) is 0 Å². The first-order valence-corrected chi connectivity index (χ1v) is 9.81. The molecule has 4 saturated heterocycles. The Morgan fingerprint density at radius 3 is 2.42 bits per heavy atom. The van der Waals surface area contributed by atoms with Gasteiger partial charge in [-0.25, -0.2) is 4.79 Å². The predicted octanol–water partition coefficient (Wildman–Crippen LogP) is 1.27. The van der Waals surface area contributed by atoms with Gasteiger partial charge in [-0.05, 0) is 51.5 Å². The van der Waals surface area contributed by atoms with Gasteiger partial charge in [-0.3, -0.25) is 4.79 Å². The zero-order chi connectivity index (χ0) is 16.5. The topological polar surface area (TPSA) is 55.9 Å². The lowest BCUT2D eigenvalue weighted by molar-refractivity contribution is -0.139. The fraction of sp³-hybridized carbons (Fsp3) is 0.889. The van der Waals surface area contributed by atoms with Crippen molar-refractivity contribution in [3.05, 3.63) is 0 Å². The lowest BCUT2D eigenvalue weighted by atomic mass is 9.95. The van der Waals surface area contributed by atoms with Crippen LogP contribution in [0.5, 0.6) is 0 Å². The summed E-state index contributed by atoms with van der Waals surface area (Å²) in [5.41, 5.74) is 0.